The van der Waals surface area contributed by atoms with E-state index in [2.05, 4.69) is 0 Å². The number of hydrogen-bond acceptors (Lipinski definition) is 8. The zero-order chi connectivity index (χ0) is 12.6. The molecule has 1 aromatic rings. The van der Waals surface area contributed by atoms with E-state index in [4.69, 9.17) is 11.5 Å². The number of nitrogens with two attached hydrogens (primary N) is 2. The van der Waals surface area contributed by atoms with Gasteiger partial charge < -0.3 is 21.9 Å². The number of hydrogen-bond donors (Lipinski definition) is 2. The highest BCUT2D eigenvalue weighted by atomic mass is 16.6. The molecule has 1 aromatic heterocycles. The van der Waals surface area contributed by atoms with Crippen LogP contribution in [-0.2, 0) is 0 Å². The second-order valence-corrected chi connectivity index (χ2v) is 2.52. The van der Waals surface area contributed by atoms with Gasteiger partial charge in [-0.1, -0.05) is 9.46 Å². The predicted molar refractivity (Wildman–Crippen MR) is 46.5 cm³/mol. The Morgan fingerprint density at radius 1 is 0.875 bits per heavy atom. The molecule has 0 saturated heterocycles. The van der Waals surface area contributed by atoms with Crippen LogP contribution in [0.1, 0.15) is 0 Å². The van der Waals surface area contributed by atoms with Crippen LogP contribution in [-0.4, -0.2) is 9.85 Å². The molecule has 0 spiro atoms. The maximum absolute atomic E-state index is 11.1. The Balaban J connectivity index is 3.77. The quantitative estimate of drug-likeness (QED) is 0.251. The van der Waals surface area contributed by atoms with E-state index in [0.29, 0.717) is 0 Å². The van der Waals surface area contributed by atoms with Crippen LogP contribution in [0.2, 0.25) is 0 Å². The normalized spacial score (nSPS) is 10.0. The summed E-state index contributed by atoms with van der Waals surface area (Å²) in [7, 11) is 0. The minimum Gasteiger partial charge on any atom is -0.612 e. The van der Waals surface area contributed by atoms with E-state index >= 15 is 0 Å². The highest BCUT2D eigenvalue weighted by Gasteiger charge is 2.45. The lowest BCUT2D eigenvalue weighted by Gasteiger charge is -2.03. The van der Waals surface area contributed by atoms with E-state index in [-0.39, 0.29) is 0 Å². The number of anilines is 2. The summed E-state index contributed by atoms with van der Waals surface area (Å²) in [5.41, 5.74) is 9.84. The van der Waals surface area contributed by atoms with E-state index in [1.54, 1.807) is 0 Å². The first-order valence-corrected chi connectivity index (χ1v) is 3.51. The van der Waals surface area contributed by atoms with Crippen molar-refractivity contribution in [2.24, 2.45) is 0 Å². The van der Waals surface area contributed by atoms with Gasteiger partial charge in [-0.3, -0.25) is 20.2 Å². The largest absolute Gasteiger partial charge is 0.612 e. The third-order valence-corrected chi connectivity index (χ3v) is 1.63. The fraction of sp³-hybridized carbons (Fsp3) is 0. The molecule has 0 bridgehead atoms. The standard InChI is InChI=1S/C4H4N6O6/c5-1-3(9(13)14)8(12)2(6)4(7(1)11)10(15)16/h5-6H2. The van der Waals surface area contributed by atoms with Crippen LogP contribution in [0.3, 0.4) is 0 Å². The fourth-order valence-corrected chi connectivity index (χ4v) is 0.953. The molecule has 0 radical (unpaired) electrons. The molecule has 0 amide bonds. The molecule has 86 valence electrons. The molecule has 1 heterocycles. The van der Waals surface area contributed by atoms with Gasteiger partial charge in [-0.15, -0.1) is 0 Å². The van der Waals surface area contributed by atoms with Crippen molar-refractivity contribution in [1.82, 2.24) is 0 Å². The molecule has 0 fully saturated rings. The Bertz CT molecular complexity index is 424. The van der Waals surface area contributed by atoms with Gasteiger partial charge in [0.2, 0.25) is 0 Å². The minimum absolute atomic E-state index is 0.581. The number of rotatable bonds is 2. The molecule has 0 saturated carbocycles. The lowest BCUT2D eigenvalue weighted by atomic mass is 10.5. The van der Waals surface area contributed by atoms with Crippen molar-refractivity contribution < 1.29 is 19.3 Å². The molecule has 0 aliphatic heterocycles. The van der Waals surface area contributed by atoms with Crippen LogP contribution < -0.4 is 20.9 Å². The van der Waals surface area contributed by atoms with Crippen LogP contribution in [0, 0.1) is 30.6 Å². The van der Waals surface area contributed by atoms with Crippen LogP contribution in [0.4, 0.5) is 23.3 Å². The number of nitrogen functional groups attached to an aromatic ring is 2. The van der Waals surface area contributed by atoms with Crippen molar-refractivity contribution in [2.45, 2.75) is 0 Å². The third-order valence-electron chi connectivity index (χ3n) is 1.63. The summed E-state index contributed by atoms with van der Waals surface area (Å²) in [5, 5.41) is 43.0. The molecule has 1 rings (SSSR count). The van der Waals surface area contributed by atoms with E-state index in [1.165, 1.54) is 0 Å². The van der Waals surface area contributed by atoms with Gasteiger partial charge in [0.15, 0.2) is 0 Å². The Hall–Kier alpha value is -2.92. The lowest BCUT2D eigenvalue weighted by molar-refractivity contribution is -0.708. The second kappa shape index (κ2) is 3.34. The summed E-state index contributed by atoms with van der Waals surface area (Å²) in [6, 6.07) is 0. The van der Waals surface area contributed by atoms with Gasteiger partial charge >= 0.3 is 23.3 Å². The van der Waals surface area contributed by atoms with Gasteiger partial charge in [0.05, 0.1) is 0 Å². The second-order valence-electron chi connectivity index (χ2n) is 2.52. The maximum atomic E-state index is 11.1. The summed E-state index contributed by atoms with van der Waals surface area (Å²) >= 11 is 0. The molecule has 0 aliphatic rings. The molecule has 0 unspecified atom stereocenters. The van der Waals surface area contributed by atoms with Crippen molar-refractivity contribution >= 4 is 23.3 Å². The minimum atomic E-state index is -1.36. The van der Waals surface area contributed by atoms with Crippen molar-refractivity contribution in [1.29, 1.82) is 0 Å². The summed E-state index contributed by atoms with van der Waals surface area (Å²) in [5.74, 6) is -5.14. The van der Waals surface area contributed by atoms with Gasteiger partial charge in [0, 0.05) is 0 Å². The Morgan fingerprint density at radius 3 is 1.31 bits per heavy atom. The van der Waals surface area contributed by atoms with E-state index in [0.717, 1.165) is 0 Å². The predicted octanol–water partition coefficient (Wildman–Crippen LogP) is -2.07. The monoisotopic (exact) mass is 232 g/mol. The molecule has 4 N–H and O–H groups in total. The molecule has 0 aromatic carbocycles. The molecule has 0 atom stereocenters. The Kier molecular flexibility index (Phi) is 2.33. The average Bonchev–Trinajstić information content (AvgIpc) is 2.14. The molecular weight excluding hydrogens is 228 g/mol. The van der Waals surface area contributed by atoms with Crippen LogP contribution in [0.15, 0.2) is 0 Å². The first kappa shape index (κ1) is 11.2. The van der Waals surface area contributed by atoms with Crippen molar-refractivity contribution in [3.05, 3.63) is 30.6 Å². The molecule has 0 aliphatic carbocycles. The number of nitrogens with zero attached hydrogens (tertiary/aromatic N) is 4. The van der Waals surface area contributed by atoms with Crippen molar-refractivity contribution in [3.63, 3.8) is 0 Å². The van der Waals surface area contributed by atoms with Gasteiger partial charge in [0.25, 0.3) is 0 Å². The van der Waals surface area contributed by atoms with Crippen LogP contribution in [0.5, 0.6) is 0 Å². The van der Waals surface area contributed by atoms with Crippen molar-refractivity contribution in [2.75, 3.05) is 11.5 Å². The zero-order valence-corrected chi connectivity index (χ0v) is 7.39. The lowest BCUT2D eigenvalue weighted by Crippen LogP contribution is -2.46. The van der Waals surface area contributed by atoms with Gasteiger partial charge in [-0.25, -0.2) is 0 Å². The highest BCUT2D eigenvalue weighted by molar-refractivity contribution is 5.46. The summed E-state index contributed by atoms with van der Waals surface area (Å²) in [6.07, 6.45) is 0. The molecule has 12 heteroatoms. The maximum Gasteiger partial charge on any atom is 0.607 e. The summed E-state index contributed by atoms with van der Waals surface area (Å²) < 4.78 is -1.16. The van der Waals surface area contributed by atoms with Crippen LogP contribution >= 0.6 is 0 Å². The van der Waals surface area contributed by atoms with E-state index in [9.17, 15) is 30.6 Å². The Morgan fingerprint density at radius 2 is 1.12 bits per heavy atom. The van der Waals surface area contributed by atoms with E-state index in [1.807, 2.05) is 0 Å². The topological polar surface area (TPSA) is 192 Å². The zero-order valence-electron chi connectivity index (χ0n) is 7.39. The first-order valence-electron chi connectivity index (χ1n) is 3.51. The number of nitro groups is 2. The summed E-state index contributed by atoms with van der Waals surface area (Å²) in [4.78, 5) is 18.2. The fourth-order valence-electron chi connectivity index (χ4n) is 0.953. The van der Waals surface area contributed by atoms with Gasteiger partial charge in [-0.2, -0.15) is 0 Å². The smallest absolute Gasteiger partial charge is 0.607 e. The third kappa shape index (κ3) is 1.33. The van der Waals surface area contributed by atoms with E-state index < -0.39 is 42.6 Å². The SMILES string of the molecule is Nc1c([N+](=O)[O-])[n+]([O-])c(N)c([N+](=O)[O-])[n+]1[O-]. The Labute approximate surface area is 85.8 Å². The molecule has 12 nitrogen and oxygen atoms in total. The highest BCUT2D eigenvalue weighted by Crippen LogP contribution is 2.19. The number of aromatic nitrogens is 2. The molecular formula is C4H4N6O6. The van der Waals surface area contributed by atoms with Crippen LogP contribution in [0.25, 0.3) is 0 Å². The van der Waals surface area contributed by atoms with Crippen molar-refractivity contribution in [3.8, 4) is 0 Å². The molecule has 16 heavy (non-hydrogen) atoms. The summed E-state index contributed by atoms with van der Waals surface area (Å²) in [6.45, 7) is 0. The average molecular weight is 232 g/mol. The van der Waals surface area contributed by atoms with Gasteiger partial charge in [0.1, 0.15) is 9.85 Å². The van der Waals surface area contributed by atoms with Gasteiger partial charge in [-0.05, 0) is 0 Å². The first-order chi connectivity index (χ1) is 7.29.